The fraction of sp³-hybridized carbons (Fsp3) is 0.462. The van der Waals surface area contributed by atoms with Gasteiger partial charge in [-0.15, -0.1) is 0 Å². The lowest BCUT2D eigenvalue weighted by Crippen LogP contribution is -2.31. The van der Waals surface area contributed by atoms with E-state index in [0.717, 1.165) is 25.3 Å². The van der Waals surface area contributed by atoms with Crippen molar-refractivity contribution in [1.29, 1.82) is 0 Å². The zero-order valence-corrected chi connectivity index (χ0v) is 10.6. The van der Waals surface area contributed by atoms with Crippen LogP contribution in [0.1, 0.15) is 42.6 Å². The molecule has 0 aromatic carbocycles. The van der Waals surface area contributed by atoms with E-state index in [1.54, 1.807) is 0 Å². The van der Waals surface area contributed by atoms with Crippen LogP contribution in [0, 0.1) is 0 Å². The van der Waals surface area contributed by atoms with Crippen molar-refractivity contribution in [3.8, 4) is 0 Å². The van der Waals surface area contributed by atoms with Crippen LogP contribution < -0.4 is 16.6 Å². The quantitative estimate of drug-likeness (QED) is 0.697. The smallest absolute Gasteiger partial charge is 0.326 e. The first-order valence-electron chi connectivity index (χ1n) is 6.45. The van der Waals surface area contributed by atoms with Crippen LogP contribution in [-0.4, -0.2) is 22.4 Å². The van der Waals surface area contributed by atoms with Crippen molar-refractivity contribution in [3.63, 3.8) is 0 Å². The van der Waals surface area contributed by atoms with Crippen molar-refractivity contribution in [2.75, 3.05) is 6.54 Å². The summed E-state index contributed by atoms with van der Waals surface area (Å²) in [5.74, 6) is -0.431. The molecule has 102 valence electrons. The Morgan fingerprint density at radius 3 is 2.79 bits per heavy atom. The molecule has 2 rings (SSSR count). The molecule has 1 aromatic rings. The number of hydrogen-bond acceptors (Lipinski definition) is 3. The maximum Gasteiger partial charge on any atom is 0.326 e. The van der Waals surface area contributed by atoms with Crippen LogP contribution >= 0.6 is 0 Å². The summed E-state index contributed by atoms with van der Waals surface area (Å²) in [6.07, 6.45) is 7.71. The van der Waals surface area contributed by atoms with Crippen LogP contribution in [0.2, 0.25) is 0 Å². The Morgan fingerprint density at radius 2 is 2.11 bits per heavy atom. The van der Waals surface area contributed by atoms with Crippen LogP contribution in [0.3, 0.4) is 0 Å². The van der Waals surface area contributed by atoms with Crippen LogP contribution in [-0.2, 0) is 0 Å². The Labute approximate surface area is 109 Å². The summed E-state index contributed by atoms with van der Waals surface area (Å²) < 4.78 is 0. The number of H-pyrrole nitrogens is 2. The van der Waals surface area contributed by atoms with Gasteiger partial charge >= 0.3 is 5.69 Å². The average Bonchev–Trinajstić information content (AvgIpc) is 2.38. The van der Waals surface area contributed by atoms with E-state index in [2.05, 4.69) is 16.4 Å². The van der Waals surface area contributed by atoms with Crippen LogP contribution in [0.25, 0.3) is 0 Å². The SMILES string of the molecule is O=C(NCCC1=CCCCC1)c1cc(=O)[nH]c(=O)[nH]1. The van der Waals surface area contributed by atoms with Crippen molar-refractivity contribution in [1.82, 2.24) is 15.3 Å². The molecule has 3 N–H and O–H groups in total. The Hall–Kier alpha value is -2.11. The Kier molecular flexibility index (Phi) is 4.33. The Balaban J connectivity index is 1.89. The van der Waals surface area contributed by atoms with Crippen LogP contribution in [0.5, 0.6) is 0 Å². The van der Waals surface area contributed by atoms with E-state index in [0.29, 0.717) is 6.54 Å². The molecule has 0 aliphatic heterocycles. The molecule has 0 bridgehead atoms. The molecule has 1 aromatic heterocycles. The molecule has 1 aliphatic carbocycles. The molecular weight excluding hydrogens is 246 g/mol. The van der Waals surface area contributed by atoms with Crippen molar-refractivity contribution >= 4 is 5.91 Å². The second-order valence-electron chi connectivity index (χ2n) is 4.62. The van der Waals surface area contributed by atoms with E-state index < -0.39 is 17.2 Å². The topological polar surface area (TPSA) is 94.8 Å². The van der Waals surface area contributed by atoms with Crippen LogP contribution in [0.15, 0.2) is 27.3 Å². The van der Waals surface area contributed by atoms with Gasteiger partial charge < -0.3 is 10.3 Å². The van der Waals surface area contributed by atoms with Crippen LogP contribution in [0.4, 0.5) is 0 Å². The van der Waals surface area contributed by atoms with E-state index >= 15 is 0 Å². The van der Waals surface area contributed by atoms with Crippen molar-refractivity contribution in [3.05, 3.63) is 44.2 Å². The molecule has 19 heavy (non-hydrogen) atoms. The summed E-state index contributed by atoms with van der Waals surface area (Å²) in [7, 11) is 0. The van der Waals surface area contributed by atoms with Gasteiger partial charge in [0.25, 0.3) is 11.5 Å². The minimum absolute atomic E-state index is 0.00799. The number of carbonyl (C=O) groups excluding carboxylic acids is 1. The zero-order chi connectivity index (χ0) is 13.7. The number of nitrogens with one attached hydrogen (secondary N) is 3. The monoisotopic (exact) mass is 263 g/mol. The largest absolute Gasteiger partial charge is 0.350 e. The van der Waals surface area contributed by atoms with Gasteiger partial charge in [-0.1, -0.05) is 11.6 Å². The highest BCUT2D eigenvalue weighted by Gasteiger charge is 2.08. The molecule has 0 spiro atoms. The van der Waals surface area contributed by atoms with E-state index in [4.69, 9.17) is 0 Å². The van der Waals surface area contributed by atoms with Gasteiger partial charge in [-0.05, 0) is 32.1 Å². The summed E-state index contributed by atoms with van der Waals surface area (Å²) >= 11 is 0. The first kappa shape index (κ1) is 13.3. The van der Waals surface area contributed by atoms with Crippen molar-refractivity contribution in [2.24, 2.45) is 0 Å². The predicted octanol–water partition coefficient (Wildman–Crippen LogP) is 0.683. The highest BCUT2D eigenvalue weighted by atomic mass is 16.2. The molecular formula is C13H17N3O3. The van der Waals surface area contributed by atoms with E-state index in [1.165, 1.54) is 18.4 Å². The standard InChI is InChI=1S/C13H17N3O3/c17-11-8-10(15-13(19)16-11)12(18)14-7-6-9-4-2-1-3-5-9/h4,8H,1-3,5-7H2,(H,14,18)(H2,15,16,17,19). The zero-order valence-electron chi connectivity index (χ0n) is 10.6. The maximum atomic E-state index is 11.7. The van der Waals surface area contributed by atoms with Gasteiger partial charge in [0.15, 0.2) is 0 Å². The lowest BCUT2D eigenvalue weighted by atomic mass is 9.97. The fourth-order valence-electron chi connectivity index (χ4n) is 2.15. The molecule has 6 heteroatoms. The number of aromatic nitrogens is 2. The average molecular weight is 263 g/mol. The molecule has 1 heterocycles. The number of aromatic amines is 2. The Bertz CT molecular complexity index is 569. The van der Waals surface area contributed by atoms with Gasteiger partial charge in [0.05, 0.1) is 0 Å². The van der Waals surface area contributed by atoms with E-state index in [-0.39, 0.29) is 5.69 Å². The first-order chi connectivity index (χ1) is 9.15. The first-order valence-corrected chi connectivity index (χ1v) is 6.45. The van der Waals surface area contributed by atoms with Gasteiger partial charge in [-0.25, -0.2) is 4.79 Å². The third-order valence-electron chi connectivity index (χ3n) is 3.12. The van der Waals surface area contributed by atoms with Crippen molar-refractivity contribution in [2.45, 2.75) is 32.1 Å². The lowest BCUT2D eigenvalue weighted by molar-refractivity contribution is 0.0948. The second-order valence-corrected chi connectivity index (χ2v) is 4.62. The molecule has 0 fully saturated rings. The number of allylic oxidation sites excluding steroid dienone is 1. The molecule has 0 saturated carbocycles. The molecule has 0 saturated heterocycles. The van der Waals surface area contributed by atoms with E-state index in [9.17, 15) is 14.4 Å². The van der Waals surface area contributed by atoms with Gasteiger partial charge in [0.1, 0.15) is 5.69 Å². The summed E-state index contributed by atoms with van der Waals surface area (Å²) in [5, 5.41) is 2.70. The summed E-state index contributed by atoms with van der Waals surface area (Å²) in [6.45, 7) is 0.513. The summed E-state index contributed by atoms with van der Waals surface area (Å²) in [5.41, 5.74) is 0.105. The van der Waals surface area contributed by atoms with Gasteiger partial charge in [-0.2, -0.15) is 0 Å². The molecule has 0 unspecified atom stereocenters. The highest BCUT2D eigenvalue weighted by molar-refractivity contribution is 5.91. The number of carbonyl (C=O) groups is 1. The molecule has 0 radical (unpaired) electrons. The lowest BCUT2D eigenvalue weighted by Gasteiger charge is -2.12. The molecule has 1 amide bonds. The van der Waals surface area contributed by atoms with Gasteiger partial charge in [0.2, 0.25) is 0 Å². The second kappa shape index (κ2) is 6.17. The fourth-order valence-corrected chi connectivity index (χ4v) is 2.15. The minimum atomic E-state index is -0.673. The predicted molar refractivity (Wildman–Crippen MR) is 71.2 cm³/mol. The normalized spacial score (nSPS) is 14.8. The molecule has 6 nitrogen and oxygen atoms in total. The van der Waals surface area contributed by atoms with E-state index in [1.807, 2.05) is 4.98 Å². The third kappa shape index (κ3) is 3.94. The molecule has 1 aliphatic rings. The summed E-state index contributed by atoms with van der Waals surface area (Å²) in [6, 6.07) is 1.08. The number of amides is 1. The Morgan fingerprint density at radius 1 is 1.26 bits per heavy atom. The maximum absolute atomic E-state index is 11.7. The number of hydrogen-bond donors (Lipinski definition) is 3. The highest BCUT2D eigenvalue weighted by Crippen LogP contribution is 2.19. The van der Waals surface area contributed by atoms with Crippen molar-refractivity contribution < 1.29 is 4.79 Å². The third-order valence-corrected chi connectivity index (χ3v) is 3.12. The minimum Gasteiger partial charge on any atom is -0.350 e. The molecule has 0 atom stereocenters. The van der Waals surface area contributed by atoms with Gasteiger partial charge in [-0.3, -0.25) is 14.6 Å². The summed E-state index contributed by atoms with van der Waals surface area (Å²) in [4.78, 5) is 38.2. The van der Waals surface area contributed by atoms with Gasteiger partial charge in [0, 0.05) is 12.6 Å². The number of rotatable bonds is 4.